The van der Waals surface area contributed by atoms with Crippen LogP contribution in [0.15, 0.2) is 85.2 Å². The third-order valence-electron chi connectivity index (χ3n) is 8.28. The molecule has 0 unspecified atom stereocenters. The molecule has 0 bridgehead atoms. The van der Waals surface area contributed by atoms with Gasteiger partial charge in [0.2, 0.25) is 0 Å². The smallest absolute Gasteiger partial charge is 0.251 e. The number of carbonyl (C=O) groups excluding carboxylic acids is 1. The Labute approximate surface area is 266 Å². The summed E-state index contributed by atoms with van der Waals surface area (Å²) >= 11 is 0. The topological polar surface area (TPSA) is 108 Å². The summed E-state index contributed by atoms with van der Waals surface area (Å²) < 4.78 is 5.88. The Morgan fingerprint density at radius 1 is 0.867 bits per heavy atom. The van der Waals surface area contributed by atoms with Crippen molar-refractivity contribution in [1.82, 2.24) is 15.3 Å². The summed E-state index contributed by atoms with van der Waals surface area (Å²) in [7, 11) is 0. The molecule has 236 valence electrons. The van der Waals surface area contributed by atoms with Gasteiger partial charge in [-0.3, -0.25) is 4.79 Å². The molecule has 0 aliphatic carbocycles. The van der Waals surface area contributed by atoms with Gasteiger partial charge in [0.15, 0.2) is 12.1 Å². The van der Waals surface area contributed by atoms with Crippen molar-refractivity contribution in [2.75, 3.05) is 24.6 Å². The number of aliphatic hydroxyl groups is 2. The van der Waals surface area contributed by atoms with Gasteiger partial charge in [-0.1, -0.05) is 75.1 Å². The highest BCUT2D eigenvalue weighted by molar-refractivity contribution is 5.95. The van der Waals surface area contributed by atoms with Gasteiger partial charge in [-0.25, -0.2) is 9.97 Å². The fraction of sp³-hybridized carbons (Fsp3) is 0.378. The van der Waals surface area contributed by atoms with Gasteiger partial charge in [0.1, 0.15) is 5.75 Å². The molecule has 1 fully saturated rings. The van der Waals surface area contributed by atoms with Gasteiger partial charge in [-0.05, 0) is 67.1 Å². The highest BCUT2D eigenvalue weighted by Crippen LogP contribution is 2.24. The highest BCUT2D eigenvalue weighted by atomic mass is 16.5. The highest BCUT2D eigenvalue weighted by Gasteiger charge is 2.22. The largest absolute Gasteiger partial charge is 0.494 e. The molecule has 3 N–H and O–H groups in total. The molecule has 45 heavy (non-hydrogen) atoms. The van der Waals surface area contributed by atoms with Crippen LogP contribution < -0.4 is 15.0 Å². The lowest BCUT2D eigenvalue weighted by Crippen LogP contribution is -2.44. The number of ether oxygens (including phenoxy) is 1. The lowest BCUT2D eigenvalue weighted by molar-refractivity contribution is -0.0647. The molecule has 1 aliphatic heterocycles. The van der Waals surface area contributed by atoms with Crippen LogP contribution in [0.2, 0.25) is 0 Å². The first-order valence-corrected chi connectivity index (χ1v) is 16.2. The number of aliphatic hydroxyl groups excluding tert-OH is 1. The summed E-state index contributed by atoms with van der Waals surface area (Å²) in [4.78, 5) is 24.4. The molecule has 8 nitrogen and oxygen atoms in total. The quantitative estimate of drug-likeness (QED) is 0.106. The van der Waals surface area contributed by atoms with E-state index in [0.29, 0.717) is 11.4 Å². The van der Waals surface area contributed by atoms with E-state index in [4.69, 9.17) is 4.74 Å². The zero-order chi connectivity index (χ0) is 31.4. The summed E-state index contributed by atoms with van der Waals surface area (Å²) in [5, 5.41) is 22.9. The summed E-state index contributed by atoms with van der Waals surface area (Å²) in [5.74, 6) is 1.13. The van der Waals surface area contributed by atoms with E-state index in [-0.39, 0.29) is 12.3 Å². The Hall–Kier alpha value is -4.27. The normalized spacial score (nSPS) is 13.6. The molecule has 1 atom stereocenters. The van der Waals surface area contributed by atoms with Crippen LogP contribution in [-0.2, 0) is 6.42 Å². The summed E-state index contributed by atoms with van der Waals surface area (Å²) in [6, 6.07) is 22.2. The van der Waals surface area contributed by atoms with E-state index in [1.165, 1.54) is 25.7 Å². The van der Waals surface area contributed by atoms with Crippen LogP contribution in [-0.4, -0.2) is 58.1 Å². The number of nitrogens with zero attached hydrogens (tertiary/aromatic N) is 3. The SMILES string of the molecule is CCCCCCCOc1ccc(-c2cnc(-c3ccc(C[C@H](NC(=O)c4cccc(N5CCCC5)c4)C(O)O)cc3)nc2)cc1. The van der Waals surface area contributed by atoms with Crippen LogP contribution in [0.1, 0.15) is 67.8 Å². The maximum Gasteiger partial charge on any atom is 0.251 e. The second-order valence-corrected chi connectivity index (χ2v) is 11.7. The molecule has 2 heterocycles. The molecule has 0 spiro atoms. The van der Waals surface area contributed by atoms with Gasteiger partial charge >= 0.3 is 0 Å². The number of rotatable bonds is 15. The molecule has 3 aromatic carbocycles. The van der Waals surface area contributed by atoms with E-state index in [2.05, 4.69) is 27.1 Å². The molecule has 4 aromatic rings. The van der Waals surface area contributed by atoms with Crippen LogP contribution in [0.4, 0.5) is 5.69 Å². The predicted molar refractivity (Wildman–Crippen MR) is 178 cm³/mol. The van der Waals surface area contributed by atoms with Gasteiger partial charge < -0.3 is 25.2 Å². The third kappa shape index (κ3) is 9.12. The number of benzene rings is 3. The fourth-order valence-corrected chi connectivity index (χ4v) is 5.61. The number of hydrogen-bond donors (Lipinski definition) is 3. The summed E-state index contributed by atoms with van der Waals surface area (Å²) in [6.45, 7) is 4.93. The van der Waals surface area contributed by atoms with Gasteiger partial charge in [-0.2, -0.15) is 0 Å². The fourth-order valence-electron chi connectivity index (χ4n) is 5.61. The summed E-state index contributed by atoms with van der Waals surface area (Å²) in [5.41, 5.74) is 5.14. The monoisotopic (exact) mass is 608 g/mol. The van der Waals surface area contributed by atoms with Gasteiger partial charge in [0.25, 0.3) is 5.91 Å². The minimum atomic E-state index is -1.71. The van der Waals surface area contributed by atoms with E-state index >= 15 is 0 Å². The number of anilines is 1. The van der Waals surface area contributed by atoms with E-state index in [1.807, 2.05) is 79.1 Å². The van der Waals surface area contributed by atoms with Gasteiger partial charge in [0.05, 0.1) is 12.6 Å². The van der Waals surface area contributed by atoms with Gasteiger partial charge in [-0.15, -0.1) is 0 Å². The lowest BCUT2D eigenvalue weighted by Gasteiger charge is -2.22. The minimum Gasteiger partial charge on any atom is -0.494 e. The van der Waals surface area contributed by atoms with Crippen LogP contribution >= 0.6 is 0 Å². The van der Waals surface area contributed by atoms with Crippen LogP contribution in [0.3, 0.4) is 0 Å². The first-order chi connectivity index (χ1) is 22.0. The Morgan fingerprint density at radius 3 is 2.24 bits per heavy atom. The standard InChI is InChI=1S/C37H44N4O4/c1-2-3-4-5-8-22-45-33-18-16-28(17-19-33)31-25-38-35(39-26-31)29-14-12-27(13-15-29)23-34(37(43)44)40-36(42)30-10-9-11-32(24-30)41-20-6-7-21-41/h9-19,24-26,34,37,43-44H,2-8,20-23H2,1H3,(H,40,42)/t34-/m0/s1. The average molecular weight is 609 g/mol. The molecular weight excluding hydrogens is 564 g/mol. The molecule has 0 radical (unpaired) electrons. The number of hydrogen-bond acceptors (Lipinski definition) is 7. The Morgan fingerprint density at radius 2 is 1.56 bits per heavy atom. The van der Waals surface area contributed by atoms with Crippen molar-refractivity contribution in [3.05, 3.63) is 96.3 Å². The lowest BCUT2D eigenvalue weighted by atomic mass is 10.0. The summed E-state index contributed by atoms with van der Waals surface area (Å²) in [6.07, 6.45) is 10.5. The zero-order valence-corrected chi connectivity index (χ0v) is 26.1. The van der Waals surface area contributed by atoms with Crippen molar-refractivity contribution in [2.45, 2.75) is 70.6 Å². The van der Waals surface area contributed by atoms with Crippen molar-refractivity contribution >= 4 is 11.6 Å². The molecule has 8 heteroatoms. The Kier molecular flexibility index (Phi) is 11.5. The van der Waals surface area contributed by atoms with Crippen molar-refractivity contribution in [3.63, 3.8) is 0 Å². The Bertz CT molecular complexity index is 1480. The maximum atomic E-state index is 13.0. The molecule has 1 aromatic heterocycles. The van der Waals surface area contributed by atoms with E-state index in [1.54, 1.807) is 6.07 Å². The average Bonchev–Trinajstić information content (AvgIpc) is 3.62. The van der Waals surface area contributed by atoms with Crippen molar-refractivity contribution in [2.24, 2.45) is 0 Å². The van der Waals surface area contributed by atoms with Crippen molar-refractivity contribution < 1.29 is 19.7 Å². The minimum absolute atomic E-state index is 0.258. The van der Waals surface area contributed by atoms with Crippen molar-refractivity contribution in [1.29, 1.82) is 0 Å². The van der Waals surface area contributed by atoms with E-state index < -0.39 is 12.3 Å². The second-order valence-electron chi connectivity index (χ2n) is 11.7. The predicted octanol–water partition coefficient (Wildman–Crippen LogP) is 6.41. The van der Waals surface area contributed by atoms with Crippen molar-refractivity contribution in [3.8, 4) is 28.3 Å². The molecule has 1 saturated heterocycles. The maximum absolute atomic E-state index is 13.0. The van der Waals surface area contributed by atoms with Crippen LogP contribution in [0.5, 0.6) is 5.75 Å². The number of carbonyl (C=O) groups is 1. The van der Waals surface area contributed by atoms with Crippen LogP contribution in [0.25, 0.3) is 22.5 Å². The van der Waals surface area contributed by atoms with Crippen LogP contribution in [0, 0.1) is 0 Å². The number of nitrogens with one attached hydrogen (secondary N) is 1. The third-order valence-corrected chi connectivity index (χ3v) is 8.28. The number of amides is 1. The Balaban J connectivity index is 1.15. The molecule has 1 amide bonds. The number of aromatic nitrogens is 2. The molecule has 5 rings (SSSR count). The second kappa shape index (κ2) is 16.2. The molecular formula is C37H44N4O4. The zero-order valence-electron chi connectivity index (χ0n) is 26.1. The van der Waals surface area contributed by atoms with Gasteiger partial charge in [0, 0.05) is 47.9 Å². The van der Waals surface area contributed by atoms with E-state index in [9.17, 15) is 15.0 Å². The first-order valence-electron chi connectivity index (χ1n) is 16.2. The molecule has 1 aliphatic rings. The molecule has 0 saturated carbocycles. The van der Waals surface area contributed by atoms with E-state index in [0.717, 1.165) is 72.6 Å². The first kappa shape index (κ1) is 32.1. The number of unbranched alkanes of at least 4 members (excludes halogenated alkanes) is 4.